The quantitative estimate of drug-likeness (QED) is 0.622. The number of pyridine rings is 1. The van der Waals surface area contributed by atoms with Gasteiger partial charge in [0.25, 0.3) is 0 Å². The molecular formula is C21H21FN6O. The van der Waals surface area contributed by atoms with Gasteiger partial charge in [-0.05, 0) is 46.5 Å². The van der Waals surface area contributed by atoms with E-state index in [0.717, 1.165) is 42.8 Å². The molecule has 1 aromatic carbocycles. The number of tetrazole rings is 1. The van der Waals surface area contributed by atoms with Crippen LogP contribution in [0.3, 0.4) is 0 Å². The number of carbonyl (C=O) groups excluding carboxylic acids is 1. The number of rotatable bonds is 5. The highest BCUT2D eigenvalue weighted by molar-refractivity contribution is 5.97. The fraction of sp³-hybridized carbons (Fsp3) is 0.286. The van der Waals surface area contributed by atoms with Crippen LogP contribution in [-0.2, 0) is 13.5 Å². The van der Waals surface area contributed by atoms with Crippen LogP contribution in [0.25, 0.3) is 5.57 Å². The van der Waals surface area contributed by atoms with Gasteiger partial charge in [0.2, 0.25) is 5.95 Å². The lowest BCUT2D eigenvalue weighted by molar-refractivity contribution is 0.0989. The van der Waals surface area contributed by atoms with Gasteiger partial charge in [-0.2, -0.15) is 0 Å². The maximum absolute atomic E-state index is 13.8. The zero-order valence-electron chi connectivity index (χ0n) is 16.3. The first-order valence-corrected chi connectivity index (χ1v) is 9.41. The van der Waals surface area contributed by atoms with Crippen molar-refractivity contribution in [3.63, 3.8) is 0 Å². The first-order valence-electron chi connectivity index (χ1n) is 9.41. The van der Waals surface area contributed by atoms with Gasteiger partial charge in [0.15, 0.2) is 11.6 Å². The van der Waals surface area contributed by atoms with Crippen molar-refractivity contribution in [3.8, 4) is 0 Å². The molecule has 3 aromatic rings. The number of anilines is 1. The molecule has 0 fully saturated rings. The van der Waals surface area contributed by atoms with E-state index in [1.54, 1.807) is 4.68 Å². The van der Waals surface area contributed by atoms with Gasteiger partial charge in [-0.25, -0.2) is 9.07 Å². The van der Waals surface area contributed by atoms with Crippen LogP contribution >= 0.6 is 0 Å². The van der Waals surface area contributed by atoms with Gasteiger partial charge in [-0.1, -0.05) is 34.9 Å². The molecule has 0 spiro atoms. The predicted octanol–water partition coefficient (Wildman–Crippen LogP) is 2.85. The third-order valence-corrected chi connectivity index (χ3v) is 5.24. The third kappa shape index (κ3) is 3.91. The lowest BCUT2D eigenvalue weighted by Gasteiger charge is -2.30. The minimum Gasteiger partial charge on any atom is -0.335 e. The van der Waals surface area contributed by atoms with Crippen LogP contribution in [0.2, 0.25) is 0 Å². The lowest BCUT2D eigenvalue weighted by atomic mass is 9.93. The summed E-state index contributed by atoms with van der Waals surface area (Å²) in [6.07, 6.45) is 3.57. The molecule has 0 radical (unpaired) electrons. The Morgan fingerprint density at radius 3 is 2.69 bits per heavy atom. The second kappa shape index (κ2) is 7.90. The highest BCUT2D eigenvalue weighted by Crippen LogP contribution is 2.28. The number of aromatic nitrogens is 5. The summed E-state index contributed by atoms with van der Waals surface area (Å²) >= 11 is 0. The van der Waals surface area contributed by atoms with Gasteiger partial charge < -0.3 is 4.90 Å². The number of ketones is 1. The molecular weight excluding hydrogens is 371 g/mol. The van der Waals surface area contributed by atoms with Crippen LogP contribution in [0.5, 0.6) is 0 Å². The summed E-state index contributed by atoms with van der Waals surface area (Å²) in [4.78, 5) is 18.2. The highest BCUT2D eigenvalue weighted by atomic mass is 19.1. The second-order valence-electron chi connectivity index (χ2n) is 7.19. The van der Waals surface area contributed by atoms with Crippen LogP contribution < -0.4 is 4.90 Å². The molecule has 0 saturated carbocycles. The van der Waals surface area contributed by atoms with Crippen molar-refractivity contribution in [3.05, 3.63) is 70.8 Å². The van der Waals surface area contributed by atoms with Gasteiger partial charge in [0.1, 0.15) is 0 Å². The summed E-state index contributed by atoms with van der Waals surface area (Å²) in [6.45, 7) is 3.74. The van der Waals surface area contributed by atoms with E-state index in [1.807, 2.05) is 31.3 Å². The number of aryl methyl sites for hydroxylation is 1. The maximum atomic E-state index is 13.8. The van der Waals surface area contributed by atoms with E-state index >= 15 is 0 Å². The molecule has 0 amide bonds. The number of nitrogens with zero attached hydrogens (tertiary/aromatic N) is 6. The number of hydrogen-bond acceptors (Lipinski definition) is 6. The summed E-state index contributed by atoms with van der Waals surface area (Å²) in [6, 6.07) is 9.30. The smallest absolute Gasteiger partial charge is 0.245 e. The van der Waals surface area contributed by atoms with Crippen LogP contribution in [0.4, 0.5) is 10.3 Å². The molecule has 0 unspecified atom stereocenters. The Bertz CT molecular complexity index is 1070. The van der Waals surface area contributed by atoms with Crippen LogP contribution in [0.1, 0.15) is 34.8 Å². The normalized spacial score (nSPS) is 14.4. The Hall–Kier alpha value is -3.42. The Labute approximate surface area is 167 Å². The Morgan fingerprint density at radius 1 is 1.21 bits per heavy atom. The van der Waals surface area contributed by atoms with E-state index < -0.39 is 5.82 Å². The van der Waals surface area contributed by atoms with Crippen LogP contribution in [0, 0.1) is 5.82 Å². The third-order valence-electron chi connectivity index (χ3n) is 5.24. The molecule has 2 aromatic heterocycles. The van der Waals surface area contributed by atoms with Crippen LogP contribution in [0.15, 0.2) is 48.3 Å². The Balaban J connectivity index is 1.50. The summed E-state index contributed by atoms with van der Waals surface area (Å²) in [5.74, 6) is -0.0984. The predicted molar refractivity (Wildman–Crippen MR) is 107 cm³/mol. The molecule has 0 bridgehead atoms. The molecule has 0 atom stereocenters. The van der Waals surface area contributed by atoms with E-state index in [1.165, 1.54) is 23.4 Å². The Morgan fingerprint density at radius 2 is 2.00 bits per heavy atom. The highest BCUT2D eigenvalue weighted by Gasteiger charge is 2.21. The topological polar surface area (TPSA) is 76.8 Å². The zero-order valence-corrected chi connectivity index (χ0v) is 16.3. The van der Waals surface area contributed by atoms with Crippen molar-refractivity contribution in [2.45, 2.75) is 19.8 Å². The van der Waals surface area contributed by atoms with E-state index in [-0.39, 0.29) is 17.8 Å². The SMILES string of the molecule is CC1=C(c2ccc(CC(=O)c3ccncc3F)cc2)CN(c2nnnn2C)CC1. The average molecular weight is 392 g/mol. The van der Waals surface area contributed by atoms with Crippen molar-refractivity contribution in [2.24, 2.45) is 7.05 Å². The van der Waals surface area contributed by atoms with E-state index in [9.17, 15) is 9.18 Å². The second-order valence-corrected chi connectivity index (χ2v) is 7.19. The summed E-state index contributed by atoms with van der Waals surface area (Å²) in [5, 5.41) is 11.7. The van der Waals surface area contributed by atoms with Crippen LogP contribution in [-0.4, -0.2) is 44.1 Å². The largest absolute Gasteiger partial charge is 0.335 e. The lowest BCUT2D eigenvalue weighted by Crippen LogP contribution is -2.33. The number of halogens is 1. The molecule has 0 aliphatic carbocycles. The van der Waals surface area contributed by atoms with E-state index in [2.05, 4.69) is 32.3 Å². The fourth-order valence-corrected chi connectivity index (χ4v) is 3.57. The number of Topliss-reactive ketones (excluding diaryl/α,β-unsaturated/α-hetero) is 1. The van der Waals surface area contributed by atoms with Gasteiger partial charge in [0.05, 0.1) is 11.8 Å². The zero-order chi connectivity index (χ0) is 20.4. The standard InChI is InChI=1S/C21H21FN6O/c1-14-8-10-28(21-24-25-26-27(21)2)13-18(14)16-5-3-15(4-6-16)11-20(29)17-7-9-23-12-19(17)22/h3-7,9,12H,8,10-11,13H2,1-2H3. The molecule has 0 saturated heterocycles. The van der Waals surface area contributed by atoms with Gasteiger partial charge in [-0.15, -0.1) is 0 Å². The molecule has 29 heavy (non-hydrogen) atoms. The fourth-order valence-electron chi connectivity index (χ4n) is 3.57. The molecule has 0 N–H and O–H groups in total. The Kier molecular flexibility index (Phi) is 5.16. The molecule has 1 aliphatic heterocycles. The summed E-state index contributed by atoms with van der Waals surface area (Å²) in [7, 11) is 1.83. The summed E-state index contributed by atoms with van der Waals surface area (Å²) in [5.41, 5.74) is 4.59. The minimum absolute atomic E-state index is 0.0721. The van der Waals surface area contributed by atoms with Crippen molar-refractivity contribution in [1.82, 2.24) is 25.2 Å². The van der Waals surface area contributed by atoms with Crippen molar-refractivity contribution in [2.75, 3.05) is 18.0 Å². The molecule has 148 valence electrons. The molecule has 8 heteroatoms. The van der Waals surface area contributed by atoms with Crippen molar-refractivity contribution in [1.29, 1.82) is 0 Å². The van der Waals surface area contributed by atoms with Crippen molar-refractivity contribution < 1.29 is 9.18 Å². The number of carbonyl (C=O) groups is 1. The number of benzene rings is 1. The first kappa shape index (κ1) is 18.9. The number of hydrogen-bond donors (Lipinski definition) is 0. The average Bonchev–Trinajstić information content (AvgIpc) is 3.15. The minimum atomic E-state index is -0.588. The van der Waals surface area contributed by atoms with E-state index in [0.29, 0.717) is 0 Å². The van der Waals surface area contributed by atoms with Gasteiger partial charge in [0, 0.05) is 32.8 Å². The summed E-state index contributed by atoms with van der Waals surface area (Å²) < 4.78 is 15.4. The molecule has 1 aliphatic rings. The van der Waals surface area contributed by atoms with Gasteiger partial charge >= 0.3 is 0 Å². The monoisotopic (exact) mass is 392 g/mol. The molecule has 3 heterocycles. The molecule has 7 nitrogen and oxygen atoms in total. The first-order chi connectivity index (χ1) is 14.0. The van der Waals surface area contributed by atoms with Crippen molar-refractivity contribution >= 4 is 17.3 Å². The maximum Gasteiger partial charge on any atom is 0.245 e. The molecule has 4 rings (SSSR count). The van der Waals surface area contributed by atoms with Gasteiger partial charge in [-0.3, -0.25) is 9.78 Å². The van der Waals surface area contributed by atoms with E-state index in [4.69, 9.17) is 0 Å².